The SMILES string of the molecule is CCc1ccc(S(=O)(=O)NCC(Br)C(C)C)s1. The summed E-state index contributed by atoms with van der Waals surface area (Å²) in [6.45, 7) is 6.53. The minimum absolute atomic E-state index is 0.155. The molecule has 1 aromatic rings. The minimum atomic E-state index is -3.34. The van der Waals surface area contributed by atoms with Crippen LogP contribution in [0.1, 0.15) is 25.6 Å². The lowest BCUT2D eigenvalue weighted by molar-refractivity contribution is 0.564. The van der Waals surface area contributed by atoms with E-state index in [1.54, 1.807) is 6.07 Å². The van der Waals surface area contributed by atoms with Crippen LogP contribution in [0.3, 0.4) is 0 Å². The summed E-state index contributed by atoms with van der Waals surface area (Å²) in [6.07, 6.45) is 0.868. The molecule has 17 heavy (non-hydrogen) atoms. The van der Waals surface area contributed by atoms with E-state index in [9.17, 15) is 8.42 Å². The minimum Gasteiger partial charge on any atom is -0.209 e. The average molecular weight is 340 g/mol. The average Bonchev–Trinajstić information content (AvgIpc) is 2.75. The third-order valence-corrected chi connectivity index (χ3v) is 6.97. The van der Waals surface area contributed by atoms with E-state index >= 15 is 0 Å². The standard InChI is InChI=1S/C11H18BrNO2S2/c1-4-9-5-6-11(16-9)17(14,15)13-7-10(12)8(2)3/h5-6,8,10,13H,4,7H2,1-3H3. The number of hydrogen-bond donors (Lipinski definition) is 1. The van der Waals surface area contributed by atoms with Gasteiger partial charge in [-0.25, -0.2) is 13.1 Å². The van der Waals surface area contributed by atoms with Gasteiger partial charge in [-0.15, -0.1) is 11.3 Å². The fraction of sp³-hybridized carbons (Fsp3) is 0.636. The van der Waals surface area contributed by atoms with Crippen LogP contribution in [0.4, 0.5) is 0 Å². The molecule has 0 aromatic carbocycles. The van der Waals surface area contributed by atoms with Gasteiger partial charge in [-0.1, -0.05) is 36.7 Å². The van der Waals surface area contributed by atoms with Gasteiger partial charge in [-0.05, 0) is 24.5 Å². The molecular weight excluding hydrogens is 322 g/mol. The predicted octanol–water partition coefficient (Wildman–Crippen LogP) is 3.01. The molecule has 0 bridgehead atoms. The molecule has 0 spiro atoms. The zero-order valence-electron chi connectivity index (χ0n) is 10.2. The molecule has 1 aromatic heterocycles. The molecule has 1 heterocycles. The predicted molar refractivity (Wildman–Crippen MR) is 76.4 cm³/mol. The third kappa shape index (κ3) is 4.35. The van der Waals surface area contributed by atoms with E-state index in [1.165, 1.54) is 11.3 Å². The zero-order valence-corrected chi connectivity index (χ0v) is 13.5. The molecule has 1 rings (SSSR count). The lowest BCUT2D eigenvalue weighted by atomic mass is 10.1. The molecule has 1 N–H and O–H groups in total. The van der Waals surface area contributed by atoms with Gasteiger partial charge in [0.1, 0.15) is 4.21 Å². The molecule has 1 atom stereocenters. The summed E-state index contributed by atoms with van der Waals surface area (Å²) in [4.78, 5) is 1.24. The van der Waals surface area contributed by atoms with Crippen LogP contribution >= 0.6 is 27.3 Å². The Balaban J connectivity index is 2.69. The molecule has 1 unspecified atom stereocenters. The molecule has 3 nitrogen and oxygen atoms in total. The first kappa shape index (κ1) is 15.1. The van der Waals surface area contributed by atoms with Gasteiger partial charge in [0.05, 0.1) is 0 Å². The van der Waals surface area contributed by atoms with Crippen molar-refractivity contribution < 1.29 is 8.42 Å². The van der Waals surface area contributed by atoms with Gasteiger partial charge in [0, 0.05) is 16.2 Å². The maximum atomic E-state index is 12.0. The van der Waals surface area contributed by atoms with Crippen LogP contribution in [-0.4, -0.2) is 19.8 Å². The van der Waals surface area contributed by atoms with Crippen molar-refractivity contribution in [1.29, 1.82) is 0 Å². The number of hydrogen-bond acceptors (Lipinski definition) is 3. The van der Waals surface area contributed by atoms with Crippen LogP contribution in [0.5, 0.6) is 0 Å². The summed E-state index contributed by atoms with van der Waals surface area (Å²) < 4.78 is 27.0. The third-order valence-electron chi connectivity index (χ3n) is 2.44. The number of sulfonamides is 1. The van der Waals surface area contributed by atoms with Crippen LogP contribution in [0, 0.1) is 5.92 Å². The first-order valence-electron chi connectivity index (χ1n) is 5.59. The molecule has 98 valence electrons. The van der Waals surface area contributed by atoms with Gasteiger partial charge in [-0.2, -0.15) is 0 Å². The number of rotatable bonds is 6. The molecule has 0 fully saturated rings. The molecule has 0 radical (unpaired) electrons. The molecule has 6 heteroatoms. The number of nitrogens with one attached hydrogen (secondary N) is 1. The molecule has 0 aliphatic heterocycles. The Labute approximate surface area is 116 Å². The van der Waals surface area contributed by atoms with Crippen LogP contribution in [-0.2, 0) is 16.4 Å². The highest BCUT2D eigenvalue weighted by molar-refractivity contribution is 9.09. The maximum absolute atomic E-state index is 12.0. The number of aryl methyl sites for hydroxylation is 1. The van der Waals surface area contributed by atoms with Crippen molar-refractivity contribution in [3.63, 3.8) is 0 Å². The van der Waals surface area contributed by atoms with Crippen molar-refractivity contribution in [2.75, 3.05) is 6.54 Å². The van der Waals surface area contributed by atoms with E-state index in [-0.39, 0.29) is 4.83 Å². The fourth-order valence-corrected chi connectivity index (χ4v) is 3.97. The Kier molecular flexibility index (Phi) is 5.63. The highest BCUT2D eigenvalue weighted by atomic mass is 79.9. The largest absolute Gasteiger partial charge is 0.250 e. The topological polar surface area (TPSA) is 46.2 Å². The van der Waals surface area contributed by atoms with Crippen LogP contribution in [0.15, 0.2) is 16.3 Å². The summed E-state index contributed by atoms with van der Waals surface area (Å²) in [5.41, 5.74) is 0. The highest BCUT2D eigenvalue weighted by Crippen LogP contribution is 2.22. The Morgan fingerprint density at radius 3 is 2.53 bits per heavy atom. The summed E-state index contributed by atoms with van der Waals surface area (Å²) in [7, 11) is -3.34. The zero-order chi connectivity index (χ0) is 13.1. The maximum Gasteiger partial charge on any atom is 0.250 e. The number of thiophene rings is 1. The van der Waals surface area contributed by atoms with Gasteiger partial charge in [-0.3, -0.25) is 0 Å². The smallest absolute Gasteiger partial charge is 0.209 e. The van der Waals surface area contributed by atoms with E-state index in [1.807, 2.05) is 26.8 Å². The number of alkyl halides is 1. The highest BCUT2D eigenvalue weighted by Gasteiger charge is 2.18. The molecular formula is C11H18BrNO2S2. The summed E-state index contributed by atoms with van der Waals surface area (Å²) in [6, 6.07) is 3.54. The quantitative estimate of drug-likeness (QED) is 0.809. The van der Waals surface area contributed by atoms with E-state index in [0.29, 0.717) is 16.7 Å². The molecule has 0 aliphatic carbocycles. The molecule has 0 saturated heterocycles. The van der Waals surface area contributed by atoms with Crippen molar-refractivity contribution in [2.24, 2.45) is 5.92 Å². The fourth-order valence-electron chi connectivity index (χ4n) is 1.19. The van der Waals surface area contributed by atoms with Crippen molar-refractivity contribution in [3.05, 3.63) is 17.0 Å². The molecule has 0 saturated carbocycles. The van der Waals surface area contributed by atoms with Crippen molar-refractivity contribution in [3.8, 4) is 0 Å². The van der Waals surface area contributed by atoms with Gasteiger partial charge < -0.3 is 0 Å². The van der Waals surface area contributed by atoms with E-state index < -0.39 is 10.0 Å². The van der Waals surface area contributed by atoms with E-state index in [0.717, 1.165) is 11.3 Å². The van der Waals surface area contributed by atoms with E-state index in [4.69, 9.17) is 0 Å². The molecule has 0 amide bonds. The Morgan fingerprint density at radius 2 is 2.06 bits per heavy atom. The normalized spacial score (nSPS) is 14.2. The van der Waals surface area contributed by atoms with Crippen molar-refractivity contribution in [1.82, 2.24) is 4.72 Å². The first-order chi connectivity index (χ1) is 7.86. The van der Waals surface area contributed by atoms with Gasteiger partial charge in [0.15, 0.2) is 0 Å². The second-order valence-corrected chi connectivity index (χ2v) is 8.52. The summed E-state index contributed by atoms with van der Waals surface area (Å²) in [5.74, 6) is 0.396. The van der Waals surface area contributed by atoms with Gasteiger partial charge in [0.2, 0.25) is 10.0 Å². The Hall–Kier alpha value is 0.0900. The Bertz CT molecular complexity index is 454. The Morgan fingerprint density at radius 1 is 1.41 bits per heavy atom. The van der Waals surface area contributed by atoms with Gasteiger partial charge >= 0.3 is 0 Å². The van der Waals surface area contributed by atoms with Crippen LogP contribution in [0.25, 0.3) is 0 Å². The molecule has 0 aliphatic rings. The summed E-state index contributed by atoms with van der Waals surface area (Å²) in [5, 5.41) is 0. The monoisotopic (exact) mass is 339 g/mol. The number of halogens is 1. The second kappa shape index (κ2) is 6.31. The van der Waals surface area contributed by atoms with Crippen molar-refractivity contribution in [2.45, 2.75) is 36.2 Å². The van der Waals surface area contributed by atoms with E-state index in [2.05, 4.69) is 20.7 Å². The second-order valence-electron chi connectivity index (χ2n) is 4.19. The van der Waals surface area contributed by atoms with Gasteiger partial charge in [0.25, 0.3) is 0 Å². The summed E-state index contributed by atoms with van der Waals surface area (Å²) >= 11 is 4.80. The van der Waals surface area contributed by atoms with Crippen LogP contribution in [0.2, 0.25) is 0 Å². The lowest BCUT2D eigenvalue weighted by Gasteiger charge is -2.13. The van der Waals surface area contributed by atoms with Crippen molar-refractivity contribution >= 4 is 37.3 Å². The first-order valence-corrected chi connectivity index (χ1v) is 8.80. The lowest BCUT2D eigenvalue weighted by Crippen LogP contribution is -2.31. The van der Waals surface area contributed by atoms with Crippen LogP contribution < -0.4 is 4.72 Å².